The van der Waals surface area contributed by atoms with Crippen molar-refractivity contribution in [2.45, 2.75) is 39.1 Å². The molecule has 0 aliphatic rings. The molecule has 0 aromatic heterocycles. The van der Waals surface area contributed by atoms with Gasteiger partial charge in [-0.05, 0) is 20.8 Å². The molecule has 6 nitrogen and oxygen atoms in total. The number of aliphatic hydroxyl groups is 2. The SMILES string of the molecule is CC(O)COC(C)COC(C)CO.N=C=O. The van der Waals surface area contributed by atoms with Crippen LogP contribution in [0.2, 0.25) is 0 Å². The van der Waals surface area contributed by atoms with Gasteiger partial charge < -0.3 is 19.7 Å². The number of hydrogen-bond acceptors (Lipinski definition) is 6. The number of carbonyl (C=O) groups excluding carboxylic acids is 1. The second kappa shape index (κ2) is 12.3. The fraction of sp³-hybridized carbons (Fsp3) is 0.900. The first-order chi connectivity index (χ1) is 7.47. The molecule has 0 spiro atoms. The molecular weight excluding hydrogens is 214 g/mol. The zero-order valence-electron chi connectivity index (χ0n) is 9.97. The summed E-state index contributed by atoms with van der Waals surface area (Å²) < 4.78 is 10.5. The van der Waals surface area contributed by atoms with Crippen LogP contribution in [0.1, 0.15) is 20.8 Å². The molecule has 0 aliphatic heterocycles. The second-order valence-electron chi connectivity index (χ2n) is 3.42. The molecule has 0 rings (SSSR count). The molecule has 0 heterocycles. The number of aliphatic hydroxyl groups excluding tert-OH is 2. The predicted octanol–water partition coefficient (Wildman–Crippen LogP) is 0.0707. The minimum Gasteiger partial charge on any atom is -0.394 e. The van der Waals surface area contributed by atoms with Gasteiger partial charge in [0.1, 0.15) is 0 Å². The van der Waals surface area contributed by atoms with E-state index in [9.17, 15) is 0 Å². The van der Waals surface area contributed by atoms with Crippen LogP contribution in [0.25, 0.3) is 0 Å². The van der Waals surface area contributed by atoms with E-state index in [2.05, 4.69) is 0 Å². The summed E-state index contributed by atoms with van der Waals surface area (Å²) in [6.07, 6.45) is 0.0962. The van der Waals surface area contributed by atoms with Crippen molar-refractivity contribution >= 4 is 6.08 Å². The van der Waals surface area contributed by atoms with Crippen molar-refractivity contribution in [2.75, 3.05) is 19.8 Å². The summed E-state index contributed by atoms with van der Waals surface area (Å²) in [5.41, 5.74) is 0. The first-order valence-corrected chi connectivity index (χ1v) is 5.03. The molecular formula is C10H21NO5. The van der Waals surface area contributed by atoms with E-state index < -0.39 is 6.10 Å². The number of isocyanates is 1. The Kier molecular flexibility index (Phi) is 13.5. The van der Waals surface area contributed by atoms with Crippen molar-refractivity contribution < 1.29 is 24.5 Å². The van der Waals surface area contributed by atoms with Gasteiger partial charge in [0.15, 0.2) is 0 Å². The average molecular weight is 235 g/mol. The van der Waals surface area contributed by atoms with Crippen molar-refractivity contribution in [3.63, 3.8) is 0 Å². The van der Waals surface area contributed by atoms with Gasteiger partial charge >= 0.3 is 0 Å². The number of nitrogens with one attached hydrogen (secondary N) is 1. The number of hydrogen-bond donors (Lipinski definition) is 3. The van der Waals surface area contributed by atoms with Gasteiger partial charge in [0.2, 0.25) is 6.08 Å². The van der Waals surface area contributed by atoms with Gasteiger partial charge in [0.25, 0.3) is 0 Å². The van der Waals surface area contributed by atoms with E-state index >= 15 is 0 Å². The molecule has 6 heteroatoms. The summed E-state index contributed by atoms with van der Waals surface area (Å²) in [6.45, 7) is 6.10. The lowest BCUT2D eigenvalue weighted by Gasteiger charge is -2.16. The molecule has 0 radical (unpaired) electrons. The summed E-state index contributed by atoms with van der Waals surface area (Å²) in [6, 6.07) is 0. The fourth-order valence-electron chi connectivity index (χ4n) is 0.704. The zero-order valence-corrected chi connectivity index (χ0v) is 9.97. The van der Waals surface area contributed by atoms with Gasteiger partial charge in [-0.1, -0.05) is 0 Å². The van der Waals surface area contributed by atoms with E-state index in [0.29, 0.717) is 13.2 Å². The number of rotatable bonds is 7. The molecule has 3 atom stereocenters. The lowest BCUT2D eigenvalue weighted by molar-refractivity contribution is -0.0620. The van der Waals surface area contributed by atoms with E-state index in [1.165, 1.54) is 0 Å². The van der Waals surface area contributed by atoms with Crippen LogP contribution in [-0.2, 0) is 14.3 Å². The third-order valence-electron chi connectivity index (χ3n) is 1.49. The van der Waals surface area contributed by atoms with Crippen molar-refractivity contribution in [3.8, 4) is 0 Å². The normalized spacial score (nSPS) is 15.3. The average Bonchev–Trinajstić information content (AvgIpc) is 2.24. The van der Waals surface area contributed by atoms with E-state index in [1.807, 2.05) is 6.92 Å². The van der Waals surface area contributed by atoms with Crippen LogP contribution >= 0.6 is 0 Å². The Labute approximate surface area is 95.7 Å². The van der Waals surface area contributed by atoms with Crippen LogP contribution in [0.15, 0.2) is 0 Å². The van der Waals surface area contributed by atoms with Crippen LogP contribution in [0.5, 0.6) is 0 Å². The highest BCUT2D eigenvalue weighted by molar-refractivity contribution is 5.26. The lowest BCUT2D eigenvalue weighted by Crippen LogP contribution is -2.24. The van der Waals surface area contributed by atoms with Crippen molar-refractivity contribution in [3.05, 3.63) is 0 Å². The van der Waals surface area contributed by atoms with Gasteiger partial charge in [0, 0.05) is 0 Å². The van der Waals surface area contributed by atoms with Crippen LogP contribution < -0.4 is 0 Å². The van der Waals surface area contributed by atoms with Crippen LogP contribution in [0.3, 0.4) is 0 Å². The quantitative estimate of drug-likeness (QED) is 0.428. The van der Waals surface area contributed by atoms with Crippen molar-refractivity contribution in [1.82, 2.24) is 0 Å². The monoisotopic (exact) mass is 235 g/mol. The highest BCUT2D eigenvalue weighted by Crippen LogP contribution is 1.97. The van der Waals surface area contributed by atoms with Gasteiger partial charge in [-0.15, -0.1) is 0 Å². The molecule has 3 N–H and O–H groups in total. The maximum Gasteiger partial charge on any atom is 0.231 e. The zero-order chi connectivity index (χ0) is 13.0. The molecule has 0 saturated heterocycles. The first kappa shape index (κ1) is 17.6. The smallest absolute Gasteiger partial charge is 0.231 e. The van der Waals surface area contributed by atoms with Crippen LogP contribution in [0, 0.1) is 5.41 Å². The van der Waals surface area contributed by atoms with Gasteiger partial charge in [-0.2, -0.15) is 0 Å². The minimum absolute atomic E-state index is 0.0170. The van der Waals surface area contributed by atoms with E-state index in [1.54, 1.807) is 13.8 Å². The topological polar surface area (TPSA) is 99.8 Å². The molecule has 0 aromatic rings. The first-order valence-electron chi connectivity index (χ1n) is 5.03. The van der Waals surface area contributed by atoms with E-state index in [0.717, 1.165) is 6.08 Å². The highest BCUT2D eigenvalue weighted by atomic mass is 16.5. The Balaban J connectivity index is 0. The maximum atomic E-state index is 8.92. The Morgan fingerprint density at radius 3 is 2.00 bits per heavy atom. The summed E-state index contributed by atoms with van der Waals surface area (Å²) >= 11 is 0. The second-order valence-corrected chi connectivity index (χ2v) is 3.42. The Bertz CT molecular complexity index is 180. The van der Waals surface area contributed by atoms with Crippen molar-refractivity contribution in [2.24, 2.45) is 0 Å². The predicted molar refractivity (Wildman–Crippen MR) is 58.0 cm³/mol. The highest BCUT2D eigenvalue weighted by Gasteiger charge is 2.06. The largest absolute Gasteiger partial charge is 0.394 e. The summed E-state index contributed by atoms with van der Waals surface area (Å²) in [7, 11) is 0. The molecule has 16 heavy (non-hydrogen) atoms. The minimum atomic E-state index is -0.447. The standard InChI is InChI=1S/C9H20O4.CHNO/c1-7(11)5-12-9(3)6-13-8(2)4-10;2-1-3/h7-11H,4-6H2,1-3H3;2H. The van der Waals surface area contributed by atoms with E-state index in [4.69, 9.17) is 29.9 Å². The fourth-order valence-corrected chi connectivity index (χ4v) is 0.704. The van der Waals surface area contributed by atoms with Gasteiger partial charge in [-0.3, -0.25) is 0 Å². The van der Waals surface area contributed by atoms with Gasteiger partial charge in [0.05, 0.1) is 38.1 Å². The Hall–Kier alpha value is -0.780. The molecule has 0 saturated carbocycles. The Morgan fingerprint density at radius 1 is 1.19 bits per heavy atom. The molecule has 0 amide bonds. The Morgan fingerprint density at radius 2 is 1.62 bits per heavy atom. The molecule has 0 fully saturated rings. The molecule has 0 aromatic carbocycles. The van der Waals surface area contributed by atoms with Crippen LogP contribution in [0.4, 0.5) is 0 Å². The summed E-state index contributed by atoms with van der Waals surface area (Å²) in [4.78, 5) is 8.35. The molecule has 0 bridgehead atoms. The van der Waals surface area contributed by atoms with Gasteiger partial charge in [-0.25, -0.2) is 10.2 Å². The maximum absolute atomic E-state index is 8.92. The molecule has 3 unspecified atom stereocenters. The van der Waals surface area contributed by atoms with Crippen LogP contribution in [-0.4, -0.2) is 54.4 Å². The summed E-state index contributed by atoms with van der Waals surface area (Å²) in [5.74, 6) is 0. The molecule has 0 aliphatic carbocycles. The lowest BCUT2D eigenvalue weighted by atomic mass is 10.4. The number of ether oxygens (including phenoxy) is 2. The third-order valence-corrected chi connectivity index (χ3v) is 1.49. The van der Waals surface area contributed by atoms with E-state index in [-0.39, 0.29) is 18.8 Å². The molecule has 96 valence electrons. The third kappa shape index (κ3) is 15.7. The summed E-state index contributed by atoms with van der Waals surface area (Å²) in [5, 5.41) is 23.0. The van der Waals surface area contributed by atoms with Crippen molar-refractivity contribution in [1.29, 1.82) is 5.41 Å².